The highest BCUT2D eigenvalue weighted by Gasteiger charge is 2.30. The third kappa shape index (κ3) is 3.46. The van der Waals surface area contributed by atoms with Crippen LogP contribution in [0.4, 0.5) is 10.5 Å². The molecule has 2 heterocycles. The van der Waals surface area contributed by atoms with Gasteiger partial charge < -0.3 is 15.3 Å². The van der Waals surface area contributed by atoms with Gasteiger partial charge in [-0.05, 0) is 31.9 Å². The van der Waals surface area contributed by atoms with Crippen molar-refractivity contribution in [1.29, 1.82) is 0 Å². The van der Waals surface area contributed by atoms with Gasteiger partial charge in [0.05, 0.1) is 11.9 Å². The van der Waals surface area contributed by atoms with E-state index >= 15 is 0 Å². The molecular formula is C14H19N3O3. The molecule has 6 nitrogen and oxygen atoms in total. The highest BCUT2D eigenvalue weighted by molar-refractivity contribution is 5.92. The van der Waals surface area contributed by atoms with Gasteiger partial charge in [0.1, 0.15) is 6.04 Å². The number of aliphatic carboxylic acids is 1. The Balaban J connectivity index is 2.08. The Morgan fingerprint density at radius 3 is 2.80 bits per heavy atom. The van der Waals surface area contributed by atoms with Crippen molar-refractivity contribution in [3.05, 3.63) is 24.0 Å². The number of carbonyl (C=O) groups is 2. The summed E-state index contributed by atoms with van der Waals surface area (Å²) in [5.41, 5.74) is 1.44. The van der Waals surface area contributed by atoms with E-state index in [-0.39, 0.29) is 6.03 Å². The van der Waals surface area contributed by atoms with Crippen molar-refractivity contribution in [2.24, 2.45) is 0 Å². The zero-order valence-corrected chi connectivity index (χ0v) is 11.5. The van der Waals surface area contributed by atoms with E-state index < -0.39 is 12.0 Å². The zero-order valence-electron chi connectivity index (χ0n) is 11.5. The molecule has 1 unspecified atom stereocenters. The Morgan fingerprint density at radius 1 is 1.35 bits per heavy atom. The van der Waals surface area contributed by atoms with E-state index in [1.807, 2.05) is 6.92 Å². The third-order valence-electron chi connectivity index (χ3n) is 3.46. The minimum Gasteiger partial charge on any atom is -0.480 e. The number of urea groups is 1. The molecule has 1 aliphatic rings. The first-order valence-electron chi connectivity index (χ1n) is 6.81. The Hall–Kier alpha value is -2.11. The lowest BCUT2D eigenvalue weighted by molar-refractivity contribution is -0.142. The summed E-state index contributed by atoms with van der Waals surface area (Å²) in [6.45, 7) is 2.34. The van der Waals surface area contributed by atoms with Crippen LogP contribution in [0.1, 0.15) is 31.4 Å². The Kier molecular flexibility index (Phi) is 4.55. The Morgan fingerprint density at radius 2 is 2.15 bits per heavy atom. The van der Waals surface area contributed by atoms with Crippen LogP contribution in [0.3, 0.4) is 0 Å². The quantitative estimate of drug-likeness (QED) is 0.868. The molecule has 0 aliphatic carbocycles. The summed E-state index contributed by atoms with van der Waals surface area (Å²) < 4.78 is 0. The van der Waals surface area contributed by atoms with Gasteiger partial charge in [0.15, 0.2) is 0 Å². The Bertz CT molecular complexity index is 487. The van der Waals surface area contributed by atoms with Crippen molar-refractivity contribution in [3.63, 3.8) is 0 Å². The van der Waals surface area contributed by atoms with Crippen LogP contribution in [-0.2, 0) is 4.79 Å². The molecule has 1 saturated heterocycles. The summed E-state index contributed by atoms with van der Waals surface area (Å²) >= 11 is 0. The molecule has 0 spiro atoms. The molecule has 0 radical (unpaired) electrons. The molecule has 2 N–H and O–H groups in total. The predicted octanol–water partition coefficient (Wildman–Crippen LogP) is 2.25. The van der Waals surface area contributed by atoms with Gasteiger partial charge in [-0.15, -0.1) is 0 Å². The number of carboxylic acids is 1. The van der Waals surface area contributed by atoms with E-state index in [2.05, 4.69) is 10.3 Å². The van der Waals surface area contributed by atoms with Gasteiger partial charge in [0.2, 0.25) is 0 Å². The number of hydrogen-bond donors (Lipinski definition) is 2. The number of rotatable bonds is 2. The number of nitrogens with zero attached hydrogens (tertiary/aromatic N) is 2. The fraction of sp³-hybridized carbons (Fsp3) is 0.500. The van der Waals surface area contributed by atoms with E-state index in [0.29, 0.717) is 18.7 Å². The molecule has 2 amide bonds. The number of carboxylic acid groups (broad SMARTS) is 1. The molecule has 20 heavy (non-hydrogen) atoms. The summed E-state index contributed by atoms with van der Waals surface area (Å²) in [4.78, 5) is 29.0. The SMILES string of the molecule is Cc1ccc(NC(=O)N2CCCCCC2C(=O)O)cn1. The summed E-state index contributed by atoms with van der Waals surface area (Å²) in [5.74, 6) is -0.941. The van der Waals surface area contributed by atoms with E-state index in [0.717, 1.165) is 25.0 Å². The maximum atomic E-state index is 12.2. The maximum Gasteiger partial charge on any atom is 0.326 e. The minimum absolute atomic E-state index is 0.370. The highest BCUT2D eigenvalue weighted by atomic mass is 16.4. The topological polar surface area (TPSA) is 82.5 Å². The van der Waals surface area contributed by atoms with E-state index in [4.69, 9.17) is 0 Å². The first kappa shape index (κ1) is 14.3. The average Bonchev–Trinajstić information content (AvgIpc) is 2.67. The lowest BCUT2D eigenvalue weighted by Crippen LogP contribution is -2.46. The summed E-state index contributed by atoms with van der Waals surface area (Å²) in [7, 11) is 0. The molecule has 0 saturated carbocycles. The van der Waals surface area contributed by atoms with Gasteiger partial charge in [-0.1, -0.05) is 12.8 Å². The van der Waals surface area contributed by atoms with Crippen LogP contribution >= 0.6 is 0 Å². The van der Waals surface area contributed by atoms with Gasteiger partial charge in [0.25, 0.3) is 0 Å². The lowest BCUT2D eigenvalue weighted by atomic mass is 10.1. The summed E-state index contributed by atoms with van der Waals surface area (Å²) in [6.07, 6.45) is 4.71. The molecule has 1 aromatic rings. The van der Waals surface area contributed by atoms with Crippen molar-refractivity contribution in [2.75, 3.05) is 11.9 Å². The maximum absolute atomic E-state index is 12.2. The van der Waals surface area contributed by atoms with Gasteiger partial charge in [-0.25, -0.2) is 9.59 Å². The molecule has 1 aliphatic heterocycles. The van der Waals surface area contributed by atoms with Crippen LogP contribution in [0.25, 0.3) is 0 Å². The lowest BCUT2D eigenvalue weighted by Gasteiger charge is -2.27. The molecule has 0 bridgehead atoms. The van der Waals surface area contributed by atoms with E-state index in [1.54, 1.807) is 18.3 Å². The second-order valence-corrected chi connectivity index (χ2v) is 5.02. The smallest absolute Gasteiger partial charge is 0.326 e. The fourth-order valence-corrected chi connectivity index (χ4v) is 2.35. The normalized spacial score (nSPS) is 19.2. The number of aryl methyl sites for hydroxylation is 1. The standard InChI is InChI=1S/C14H19N3O3/c1-10-6-7-11(9-15-10)16-14(20)17-8-4-2-3-5-12(17)13(18)19/h6-7,9,12H,2-5,8H2,1H3,(H,16,20)(H,18,19). The molecule has 2 rings (SSSR count). The fourth-order valence-electron chi connectivity index (χ4n) is 2.35. The van der Waals surface area contributed by atoms with Crippen LogP contribution in [0.2, 0.25) is 0 Å². The highest BCUT2D eigenvalue weighted by Crippen LogP contribution is 2.18. The second kappa shape index (κ2) is 6.36. The third-order valence-corrected chi connectivity index (χ3v) is 3.46. The second-order valence-electron chi connectivity index (χ2n) is 5.02. The number of aromatic nitrogens is 1. The largest absolute Gasteiger partial charge is 0.480 e. The van der Waals surface area contributed by atoms with Crippen molar-refractivity contribution in [1.82, 2.24) is 9.88 Å². The van der Waals surface area contributed by atoms with Gasteiger partial charge in [0, 0.05) is 12.2 Å². The number of anilines is 1. The van der Waals surface area contributed by atoms with Crippen molar-refractivity contribution in [2.45, 2.75) is 38.6 Å². The van der Waals surface area contributed by atoms with Crippen LogP contribution in [0.5, 0.6) is 0 Å². The van der Waals surface area contributed by atoms with Crippen LogP contribution < -0.4 is 5.32 Å². The molecule has 1 atom stereocenters. The molecule has 1 fully saturated rings. The molecular weight excluding hydrogens is 258 g/mol. The summed E-state index contributed by atoms with van der Waals surface area (Å²) in [6, 6.07) is 2.45. The van der Waals surface area contributed by atoms with Gasteiger partial charge in [-0.3, -0.25) is 4.98 Å². The number of likely N-dealkylation sites (tertiary alicyclic amines) is 1. The number of hydrogen-bond acceptors (Lipinski definition) is 3. The molecule has 6 heteroatoms. The summed E-state index contributed by atoms with van der Waals surface area (Å²) in [5, 5.41) is 12.0. The van der Waals surface area contributed by atoms with E-state index in [1.165, 1.54) is 4.90 Å². The first-order chi connectivity index (χ1) is 9.58. The average molecular weight is 277 g/mol. The van der Waals surface area contributed by atoms with Gasteiger partial charge >= 0.3 is 12.0 Å². The monoisotopic (exact) mass is 277 g/mol. The van der Waals surface area contributed by atoms with Crippen molar-refractivity contribution < 1.29 is 14.7 Å². The minimum atomic E-state index is -0.941. The number of carbonyl (C=O) groups excluding carboxylic acids is 1. The van der Waals surface area contributed by atoms with Crippen LogP contribution in [0.15, 0.2) is 18.3 Å². The van der Waals surface area contributed by atoms with E-state index in [9.17, 15) is 14.7 Å². The van der Waals surface area contributed by atoms with Crippen LogP contribution in [0, 0.1) is 6.92 Å². The number of amides is 2. The Labute approximate surface area is 117 Å². The van der Waals surface area contributed by atoms with Gasteiger partial charge in [-0.2, -0.15) is 0 Å². The molecule has 1 aromatic heterocycles. The molecule has 108 valence electrons. The number of pyridine rings is 1. The zero-order chi connectivity index (χ0) is 14.5. The van der Waals surface area contributed by atoms with Crippen molar-refractivity contribution in [3.8, 4) is 0 Å². The van der Waals surface area contributed by atoms with Crippen molar-refractivity contribution >= 4 is 17.7 Å². The van der Waals surface area contributed by atoms with Crippen LogP contribution in [-0.4, -0.2) is 39.6 Å². The number of nitrogens with one attached hydrogen (secondary N) is 1. The first-order valence-corrected chi connectivity index (χ1v) is 6.81. The predicted molar refractivity (Wildman–Crippen MR) is 74.6 cm³/mol. The molecule has 0 aromatic carbocycles.